The lowest BCUT2D eigenvalue weighted by molar-refractivity contribution is 0.0510. The molecule has 0 bridgehead atoms. The lowest BCUT2D eigenvalue weighted by atomic mass is 9.88. The van der Waals surface area contributed by atoms with Crippen molar-refractivity contribution >= 4 is 11.7 Å². The average molecular weight is 327 g/mol. The molecule has 2 aromatic rings. The predicted molar refractivity (Wildman–Crippen MR) is 89.0 cm³/mol. The van der Waals surface area contributed by atoms with Gasteiger partial charge in [0.1, 0.15) is 11.6 Å². The third-order valence-corrected chi connectivity index (χ3v) is 4.12. The van der Waals surface area contributed by atoms with Crippen LogP contribution in [0.5, 0.6) is 5.75 Å². The minimum absolute atomic E-state index is 0.121. The van der Waals surface area contributed by atoms with Crippen LogP contribution in [-0.4, -0.2) is 18.8 Å². The van der Waals surface area contributed by atoms with E-state index in [4.69, 9.17) is 9.57 Å². The third-order valence-electron chi connectivity index (χ3n) is 4.12. The lowest BCUT2D eigenvalue weighted by Gasteiger charge is -2.19. The molecule has 3 rings (SSSR count). The van der Waals surface area contributed by atoms with E-state index in [0.29, 0.717) is 12.1 Å². The highest BCUT2D eigenvalue weighted by Crippen LogP contribution is 2.29. The molecule has 0 atom stereocenters. The molecule has 0 unspecified atom stereocenters. The third kappa shape index (κ3) is 3.15. The zero-order chi connectivity index (χ0) is 17.1. The Morgan fingerprint density at radius 1 is 1.21 bits per heavy atom. The maximum absolute atomic E-state index is 13.6. The van der Waals surface area contributed by atoms with Crippen molar-refractivity contribution in [3.05, 3.63) is 64.5 Å². The Kier molecular flexibility index (Phi) is 4.60. The summed E-state index contributed by atoms with van der Waals surface area (Å²) >= 11 is 0. The molecule has 2 aromatic carbocycles. The van der Waals surface area contributed by atoms with Gasteiger partial charge in [0.25, 0.3) is 0 Å². The van der Waals surface area contributed by atoms with Crippen molar-refractivity contribution < 1.29 is 18.8 Å². The number of fused-ring (bicyclic) bond motifs is 1. The quantitative estimate of drug-likeness (QED) is 0.631. The summed E-state index contributed by atoms with van der Waals surface area (Å²) in [6.45, 7) is 1.96. The Morgan fingerprint density at radius 2 is 2.00 bits per heavy atom. The number of benzene rings is 2. The maximum Gasteiger partial charge on any atom is 0.368 e. The van der Waals surface area contributed by atoms with E-state index in [-0.39, 0.29) is 5.56 Å². The van der Waals surface area contributed by atoms with E-state index < -0.39 is 11.8 Å². The fourth-order valence-corrected chi connectivity index (χ4v) is 2.87. The van der Waals surface area contributed by atoms with Gasteiger partial charge in [0.2, 0.25) is 0 Å². The normalized spacial score (nSPS) is 15.0. The van der Waals surface area contributed by atoms with E-state index in [1.165, 1.54) is 18.2 Å². The molecule has 0 aliphatic heterocycles. The minimum atomic E-state index is -0.794. The van der Waals surface area contributed by atoms with Gasteiger partial charge in [-0.1, -0.05) is 17.3 Å². The second-order valence-corrected chi connectivity index (χ2v) is 5.73. The first-order valence-electron chi connectivity index (χ1n) is 7.80. The molecule has 24 heavy (non-hydrogen) atoms. The SMILES string of the molecule is COc1cc2c(cc1C)/C(=N\OC(=O)c1ccccc1F)CCC2. The molecule has 0 saturated carbocycles. The highest BCUT2D eigenvalue weighted by atomic mass is 19.1. The number of ether oxygens (including phenoxy) is 1. The number of carbonyl (C=O) groups excluding carboxylic acids is 1. The summed E-state index contributed by atoms with van der Waals surface area (Å²) < 4.78 is 19.0. The molecule has 0 fully saturated rings. The van der Waals surface area contributed by atoms with Crippen molar-refractivity contribution in [3.8, 4) is 5.75 Å². The van der Waals surface area contributed by atoms with Crippen molar-refractivity contribution in [2.45, 2.75) is 26.2 Å². The number of aryl methyl sites for hydroxylation is 2. The van der Waals surface area contributed by atoms with Gasteiger partial charge in [-0.05, 0) is 61.6 Å². The van der Waals surface area contributed by atoms with Crippen molar-refractivity contribution in [1.82, 2.24) is 0 Å². The molecular formula is C19H18FNO3. The van der Waals surface area contributed by atoms with E-state index in [0.717, 1.165) is 35.3 Å². The van der Waals surface area contributed by atoms with Crippen LogP contribution >= 0.6 is 0 Å². The van der Waals surface area contributed by atoms with Gasteiger partial charge in [0, 0.05) is 5.56 Å². The second kappa shape index (κ2) is 6.83. The van der Waals surface area contributed by atoms with Crippen LogP contribution in [0.1, 0.15) is 39.9 Å². The van der Waals surface area contributed by atoms with Gasteiger partial charge in [0.15, 0.2) is 0 Å². The van der Waals surface area contributed by atoms with Crippen molar-refractivity contribution in [1.29, 1.82) is 0 Å². The Morgan fingerprint density at radius 3 is 2.75 bits per heavy atom. The number of halogens is 1. The molecule has 4 nitrogen and oxygen atoms in total. The van der Waals surface area contributed by atoms with Crippen molar-refractivity contribution in [2.75, 3.05) is 7.11 Å². The van der Waals surface area contributed by atoms with Crippen LogP contribution in [0.3, 0.4) is 0 Å². The Hall–Kier alpha value is -2.69. The van der Waals surface area contributed by atoms with E-state index in [1.807, 2.05) is 19.1 Å². The maximum atomic E-state index is 13.6. The Labute approximate surface area is 139 Å². The molecule has 0 aromatic heterocycles. The van der Waals surface area contributed by atoms with E-state index in [1.54, 1.807) is 13.2 Å². The number of hydrogen-bond acceptors (Lipinski definition) is 4. The van der Waals surface area contributed by atoms with E-state index in [9.17, 15) is 9.18 Å². The zero-order valence-corrected chi connectivity index (χ0v) is 13.6. The summed E-state index contributed by atoms with van der Waals surface area (Å²) in [7, 11) is 1.64. The number of rotatable bonds is 3. The summed E-state index contributed by atoms with van der Waals surface area (Å²) in [5.74, 6) is -0.580. The Balaban J connectivity index is 1.87. The van der Waals surface area contributed by atoms with Crippen LogP contribution in [0.2, 0.25) is 0 Å². The molecule has 1 aliphatic carbocycles. The first-order valence-corrected chi connectivity index (χ1v) is 7.80. The number of nitrogens with zero attached hydrogens (tertiary/aromatic N) is 1. The topological polar surface area (TPSA) is 47.9 Å². The molecule has 124 valence electrons. The number of hydrogen-bond donors (Lipinski definition) is 0. The van der Waals surface area contributed by atoms with Gasteiger partial charge in [-0.2, -0.15) is 0 Å². The van der Waals surface area contributed by atoms with Crippen molar-refractivity contribution in [2.24, 2.45) is 5.16 Å². The van der Waals surface area contributed by atoms with Crippen LogP contribution in [0.15, 0.2) is 41.6 Å². The van der Waals surface area contributed by atoms with Gasteiger partial charge >= 0.3 is 5.97 Å². The predicted octanol–water partition coefficient (Wildman–Crippen LogP) is 4.04. The lowest BCUT2D eigenvalue weighted by Crippen LogP contribution is -2.14. The summed E-state index contributed by atoms with van der Waals surface area (Å²) in [5, 5.41) is 4.00. The van der Waals surface area contributed by atoms with Crippen LogP contribution in [0.4, 0.5) is 4.39 Å². The van der Waals surface area contributed by atoms with Crippen LogP contribution < -0.4 is 4.74 Å². The van der Waals surface area contributed by atoms with Gasteiger partial charge < -0.3 is 9.57 Å². The summed E-state index contributed by atoms with van der Waals surface area (Å²) in [4.78, 5) is 17.0. The molecule has 0 saturated heterocycles. The fraction of sp³-hybridized carbons (Fsp3) is 0.263. The minimum Gasteiger partial charge on any atom is -0.496 e. The number of carbonyl (C=O) groups is 1. The highest BCUT2D eigenvalue weighted by molar-refractivity contribution is 6.03. The van der Waals surface area contributed by atoms with Crippen molar-refractivity contribution in [3.63, 3.8) is 0 Å². The molecule has 0 radical (unpaired) electrons. The molecule has 0 N–H and O–H groups in total. The summed E-state index contributed by atoms with van der Waals surface area (Å²) in [6.07, 6.45) is 2.55. The fourth-order valence-electron chi connectivity index (χ4n) is 2.87. The summed E-state index contributed by atoms with van der Waals surface area (Å²) in [6, 6.07) is 9.68. The number of oxime groups is 1. The molecule has 1 aliphatic rings. The van der Waals surface area contributed by atoms with Gasteiger partial charge in [-0.3, -0.25) is 0 Å². The largest absolute Gasteiger partial charge is 0.496 e. The highest BCUT2D eigenvalue weighted by Gasteiger charge is 2.20. The van der Waals surface area contributed by atoms with Crippen LogP contribution in [0.25, 0.3) is 0 Å². The molecule has 0 heterocycles. The smallest absolute Gasteiger partial charge is 0.368 e. The van der Waals surface area contributed by atoms with E-state index in [2.05, 4.69) is 5.16 Å². The van der Waals surface area contributed by atoms with Crippen LogP contribution in [-0.2, 0) is 11.3 Å². The standard InChI is InChI=1S/C19H18FNO3/c1-12-10-15-13(11-18(12)23-2)6-5-9-17(15)21-24-19(22)14-7-3-4-8-16(14)20/h3-4,7-8,10-11H,5-6,9H2,1-2H3/b21-17-. The molecule has 5 heteroatoms. The number of methoxy groups -OCH3 is 1. The van der Waals surface area contributed by atoms with Gasteiger partial charge in [0.05, 0.1) is 18.4 Å². The molecule has 0 spiro atoms. The van der Waals surface area contributed by atoms with Crippen LogP contribution in [0, 0.1) is 12.7 Å². The second-order valence-electron chi connectivity index (χ2n) is 5.73. The van der Waals surface area contributed by atoms with Gasteiger partial charge in [-0.15, -0.1) is 0 Å². The van der Waals surface area contributed by atoms with E-state index >= 15 is 0 Å². The summed E-state index contributed by atoms with van der Waals surface area (Å²) in [5.41, 5.74) is 3.65. The van der Waals surface area contributed by atoms with Gasteiger partial charge in [-0.25, -0.2) is 9.18 Å². The molecular weight excluding hydrogens is 309 g/mol. The molecule has 0 amide bonds. The Bertz CT molecular complexity index is 814. The first kappa shape index (κ1) is 16.2. The first-order chi connectivity index (χ1) is 11.6. The zero-order valence-electron chi connectivity index (χ0n) is 13.6. The average Bonchev–Trinajstić information content (AvgIpc) is 2.59. The monoisotopic (exact) mass is 327 g/mol.